The molecule has 3 rings (SSSR count). The summed E-state index contributed by atoms with van der Waals surface area (Å²) in [5.74, 6) is 1.20. The van der Waals surface area contributed by atoms with Crippen molar-refractivity contribution in [3.63, 3.8) is 0 Å². The van der Waals surface area contributed by atoms with Gasteiger partial charge in [-0.1, -0.05) is 17.7 Å². The standard InChI is InChI=1S/C17H15NO3/c1-12-2-5-14(6-3-12)18-9-8-15(19)13-4-7-16-17(10-13)21-11-20-16/h2-10,18H,11H2,1H3. The Hall–Kier alpha value is -2.75. The predicted octanol–water partition coefficient (Wildman–Crippen LogP) is 3.53. The van der Waals surface area contributed by atoms with Crippen LogP contribution in [0, 0.1) is 6.92 Å². The van der Waals surface area contributed by atoms with E-state index >= 15 is 0 Å². The first-order valence-electron chi connectivity index (χ1n) is 6.66. The van der Waals surface area contributed by atoms with Crippen molar-refractivity contribution in [2.75, 3.05) is 12.1 Å². The lowest BCUT2D eigenvalue weighted by molar-refractivity contribution is 0.104. The molecule has 2 aromatic rings. The molecule has 0 aliphatic carbocycles. The van der Waals surface area contributed by atoms with Gasteiger partial charge in [-0.05, 0) is 37.3 Å². The zero-order valence-electron chi connectivity index (χ0n) is 11.6. The van der Waals surface area contributed by atoms with Gasteiger partial charge in [0.1, 0.15) is 0 Å². The number of fused-ring (bicyclic) bond motifs is 1. The summed E-state index contributed by atoms with van der Waals surface area (Å²) in [7, 11) is 0. The summed E-state index contributed by atoms with van der Waals surface area (Å²) in [6.07, 6.45) is 3.13. The van der Waals surface area contributed by atoms with E-state index in [1.807, 2.05) is 31.2 Å². The van der Waals surface area contributed by atoms with Gasteiger partial charge in [0.05, 0.1) is 0 Å². The summed E-state index contributed by atoms with van der Waals surface area (Å²) in [6, 6.07) is 13.1. The first-order valence-corrected chi connectivity index (χ1v) is 6.66. The minimum Gasteiger partial charge on any atom is -0.454 e. The third-order valence-electron chi connectivity index (χ3n) is 3.19. The molecule has 4 heteroatoms. The Balaban J connectivity index is 1.65. The van der Waals surface area contributed by atoms with Crippen molar-refractivity contribution in [1.29, 1.82) is 0 Å². The number of ether oxygens (including phenoxy) is 2. The van der Waals surface area contributed by atoms with Crippen LogP contribution in [0.25, 0.3) is 0 Å². The Bertz CT molecular complexity index is 690. The van der Waals surface area contributed by atoms with E-state index in [1.165, 1.54) is 11.6 Å². The second-order valence-electron chi connectivity index (χ2n) is 4.78. The Labute approximate surface area is 123 Å². The highest BCUT2D eigenvalue weighted by atomic mass is 16.7. The first kappa shape index (κ1) is 13.2. The molecule has 0 saturated heterocycles. The van der Waals surface area contributed by atoms with Gasteiger partial charge in [0.25, 0.3) is 0 Å². The van der Waals surface area contributed by atoms with E-state index < -0.39 is 0 Å². The van der Waals surface area contributed by atoms with Gasteiger partial charge >= 0.3 is 0 Å². The van der Waals surface area contributed by atoms with Crippen molar-refractivity contribution in [3.8, 4) is 11.5 Å². The van der Waals surface area contributed by atoms with Crippen LogP contribution in [0.1, 0.15) is 15.9 Å². The Kier molecular flexibility index (Phi) is 3.60. The van der Waals surface area contributed by atoms with Crippen LogP contribution in [-0.2, 0) is 0 Å². The Morgan fingerprint density at radius 2 is 1.86 bits per heavy atom. The normalized spacial score (nSPS) is 12.6. The highest BCUT2D eigenvalue weighted by Gasteiger charge is 2.14. The number of hydrogen-bond donors (Lipinski definition) is 1. The van der Waals surface area contributed by atoms with Crippen molar-refractivity contribution >= 4 is 11.5 Å². The zero-order chi connectivity index (χ0) is 14.7. The molecule has 0 radical (unpaired) electrons. The number of allylic oxidation sites excluding steroid dienone is 1. The van der Waals surface area contributed by atoms with E-state index in [2.05, 4.69) is 5.32 Å². The molecule has 0 amide bonds. The van der Waals surface area contributed by atoms with Gasteiger partial charge in [0, 0.05) is 23.5 Å². The van der Waals surface area contributed by atoms with Crippen LogP contribution in [0.5, 0.6) is 11.5 Å². The number of benzene rings is 2. The highest BCUT2D eigenvalue weighted by Crippen LogP contribution is 2.32. The van der Waals surface area contributed by atoms with E-state index in [0.717, 1.165) is 5.69 Å². The van der Waals surface area contributed by atoms with Crippen molar-refractivity contribution in [2.24, 2.45) is 0 Å². The molecule has 0 saturated carbocycles. The van der Waals surface area contributed by atoms with Crippen LogP contribution in [0.3, 0.4) is 0 Å². The van der Waals surface area contributed by atoms with E-state index in [4.69, 9.17) is 9.47 Å². The van der Waals surface area contributed by atoms with Gasteiger partial charge in [-0.3, -0.25) is 4.79 Å². The minimum absolute atomic E-state index is 0.0899. The second kappa shape index (κ2) is 5.71. The molecule has 21 heavy (non-hydrogen) atoms. The molecule has 1 aliphatic rings. The quantitative estimate of drug-likeness (QED) is 0.688. The predicted molar refractivity (Wildman–Crippen MR) is 80.8 cm³/mol. The van der Waals surface area contributed by atoms with E-state index in [-0.39, 0.29) is 12.6 Å². The number of nitrogens with one attached hydrogen (secondary N) is 1. The highest BCUT2D eigenvalue weighted by molar-refractivity contribution is 6.05. The van der Waals surface area contributed by atoms with Crippen molar-refractivity contribution < 1.29 is 14.3 Å². The van der Waals surface area contributed by atoms with Gasteiger partial charge in [-0.15, -0.1) is 0 Å². The molecule has 0 bridgehead atoms. The summed E-state index contributed by atoms with van der Waals surface area (Å²) >= 11 is 0. The van der Waals surface area contributed by atoms with Crippen molar-refractivity contribution in [1.82, 2.24) is 0 Å². The molecule has 2 aromatic carbocycles. The Morgan fingerprint density at radius 1 is 1.10 bits per heavy atom. The van der Waals surface area contributed by atoms with Crippen LogP contribution in [-0.4, -0.2) is 12.6 Å². The summed E-state index contributed by atoms with van der Waals surface area (Å²) in [5.41, 5.74) is 2.71. The summed E-state index contributed by atoms with van der Waals surface area (Å²) in [4.78, 5) is 12.1. The average Bonchev–Trinajstić information content (AvgIpc) is 2.96. The van der Waals surface area contributed by atoms with Crippen molar-refractivity contribution in [3.05, 3.63) is 65.9 Å². The van der Waals surface area contributed by atoms with Crippen LogP contribution in [0.4, 0.5) is 5.69 Å². The topological polar surface area (TPSA) is 47.6 Å². The SMILES string of the molecule is Cc1ccc(NC=CC(=O)c2ccc3c(c2)OCO3)cc1. The van der Waals surface area contributed by atoms with E-state index in [9.17, 15) is 4.79 Å². The number of rotatable bonds is 4. The largest absolute Gasteiger partial charge is 0.454 e. The monoisotopic (exact) mass is 281 g/mol. The van der Waals surface area contributed by atoms with E-state index in [1.54, 1.807) is 24.4 Å². The van der Waals surface area contributed by atoms with Crippen LogP contribution >= 0.6 is 0 Å². The van der Waals surface area contributed by atoms with Crippen molar-refractivity contribution in [2.45, 2.75) is 6.92 Å². The summed E-state index contributed by atoms with van der Waals surface area (Å²) in [6.45, 7) is 2.24. The maximum Gasteiger partial charge on any atom is 0.231 e. The third kappa shape index (κ3) is 3.05. The number of carbonyl (C=O) groups is 1. The third-order valence-corrected chi connectivity index (χ3v) is 3.19. The lowest BCUT2D eigenvalue weighted by Gasteiger charge is -2.01. The molecule has 0 atom stereocenters. The smallest absolute Gasteiger partial charge is 0.231 e. The number of carbonyl (C=O) groups excluding carboxylic acids is 1. The fourth-order valence-corrected chi connectivity index (χ4v) is 2.01. The molecular weight excluding hydrogens is 266 g/mol. The van der Waals surface area contributed by atoms with Gasteiger partial charge in [0.2, 0.25) is 6.79 Å². The molecule has 0 spiro atoms. The lowest BCUT2D eigenvalue weighted by Crippen LogP contribution is -1.96. The number of ketones is 1. The molecule has 0 aromatic heterocycles. The lowest BCUT2D eigenvalue weighted by atomic mass is 10.1. The maximum atomic E-state index is 12.1. The van der Waals surface area contributed by atoms with Crippen LogP contribution < -0.4 is 14.8 Å². The Morgan fingerprint density at radius 3 is 2.67 bits per heavy atom. The molecule has 1 aliphatic heterocycles. The van der Waals surface area contributed by atoms with Gasteiger partial charge < -0.3 is 14.8 Å². The number of anilines is 1. The average molecular weight is 281 g/mol. The fourth-order valence-electron chi connectivity index (χ4n) is 2.01. The summed E-state index contributed by atoms with van der Waals surface area (Å²) in [5, 5.41) is 3.07. The first-order chi connectivity index (χ1) is 10.2. The number of hydrogen-bond acceptors (Lipinski definition) is 4. The van der Waals surface area contributed by atoms with Crippen LogP contribution in [0.2, 0.25) is 0 Å². The number of aryl methyl sites for hydroxylation is 1. The molecular formula is C17H15NO3. The van der Waals surface area contributed by atoms with E-state index in [0.29, 0.717) is 17.1 Å². The molecule has 0 unspecified atom stereocenters. The fraction of sp³-hybridized carbons (Fsp3) is 0.118. The zero-order valence-corrected chi connectivity index (χ0v) is 11.6. The van der Waals surface area contributed by atoms with Crippen LogP contribution in [0.15, 0.2) is 54.7 Å². The minimum atomic E-state index is -0.0899. The van der Waals surface area contributed by atoms with Gasteiger partial charge in [-0.2, -0.15) is 0 Å². The molecule has 4 nitrogen and oxygen atoms in total. The maximum absolute atomic E-state index is 12.1. The molecule has 1 heterocycles. The van der Waals surface area contributed by atoms with Gasteiger partial charge in [-0.25, -0.2) is 0 Å². The van der Waals surface area contributed by atoms with Gasteiger partial charge in [0.15, 0.2) is 17.3 Å². The molecule has 0 fully saturated rings. The summed E-state index contributed by atoms with van der Waals surface area (Å²) < 4.78 is 10.5. The second-order valence-corrected chi connectivity index (χ2v) is 4.78. The molecule has 1 N–H and O–H groups in total. The molecule has 106 valence electrons.